The van der Waals surface area contributed by atoms with Gasteiger partial charge in [0.15, 0.2) is 0 Å². The van der Waals surface area contributed by atoms with E-state index in [-0.39, 0.29) is 16.8 Å². The van der Waals surface area contributed by atoms with Crippen LogP contribution in [0.3, 0.4) is 0 Å². The lowest BCUT2D eigenvalue weighted by molar-refractivity contribution is -0.137. The molecule has 2 saturated heterocycles. The molecular formula is C16H19F3N2O2S2. The Morgan fingerprint density at radius 3 is 2.64 bits per heavy atom. The standard InChI is InChI=1S/C16H19F3N2O2S2/c17-16(18,19)11-1-2-13(21-3-5-23-6-4-21)12(9-11)20-15(22)14-10-24-7-8-25-14/h1-2,9,14H,3-8,10H2,(H,20,22). The highest BCUT2D eigenvalue weighted by Gasteiger charge is 2.32. The topological polar surface area (TPSA) is 41.6 Å². The predicted octanol–water partition coefficient (Wildman–Crippen LogP) is 3.33. The molecule has 2 heterocycles. The molecular weight excluding hydrogens is 373 g/mol. The maximum atomic E-state index is 13.1. The first-order valence-electron chi connectivity index (χ1n) is 7.99. The Morgan fingerprint density at radius 2 is 2.00 bits per heavy atom. The summed E-state index contributed by atoms with van der Waals surface area (Å²) in [6.07, 6.45) is -4.45. The molecule has 9 heteroatoms. The van der Waals surface area contributed by atoms with Crippen LogP contribution in [0.15, 0.2) is 18.2 Å². The molecule has 2 fully saturated rings. The fraction of sp³-hybridized carbons (Fsp3) is 0.562. The first kappa shape index (κ1) is 18.7. The van der Waals surface area contributed by atoms with Crippen molar-refractivity contribution in [3.8, 4) is 0 Å². The van der Waals surface area contributed by atoms with Gasteiger partial charge in [0.25, 0.3) is 0 Å². The van der Waals surface area contributed by atoms with Gasteiger partial charge in [0, 0.05) is 30.3 Å². The van der Waals surface area contributed by atoms with Crippen molar-refractivity contribution in [2.45, 2.75) is 11.4 Å². The van der Waals surface area contributed by atoms with Crippen molar-refractivity contribution in [3.63, 3.8) is 0 Å². The molecule has 1 unspecified atom stereocenters. The number of anilines is 2. The van der Waals surface area contributed by atoms with Gasteiger partial charge in [0.1, 0.15) is 0 Å². The van der Waals surface area contributed by atoms with Gasteiger partial charge in [-0.15, -0.1) is 11.8 Å². The lowest BCUT2D eigenvalue weighted by Gasteiger charge is -2.31. The average Bonchev–Trinajstić information content (AvgIpc) is 2.62. The van der Waals surface area contributed by atoms with Gasteiger partial charge in [-0.1, -0.05) is 0 Å². The normalized spacial score (nSPS) is 21.9. The molecule has 0 aliphatic carbocycles. The number of carbonyl (C=O) groups is 1. The van der Waals surface area contributed by atoms with Crippen LogP contribution in [0, 0.1) is 0 Å². The quantitative estimate of drug-likeness (QED) is 0.855. The minimum Gasteiger partial charge on any atom is -0.378 e. The van der Waals surface area contributed by atoms with Crippen molar-refractivity contribution in [2.24, 2.45) is 0 Å². The minimum absolute atomic E-state index is 0.220. The van der Waals surface area contributed by atoms with E-state index in [0.717, 1.165) is 23.6 Å². The summed E-state index contributed by atoms with van der Waals surface area (Å²) in [7, 11) is 0. The summed E-state index contributed by atoms with van der Waals surface area (Å²) >= 11 is 3.25. The van der Waals surface area contributed by atoms with E-state index in [4.69, 9.17) is 4.74 Å². The van der Waals surface area contributed by atoms with Crippen LogP contribution in [-0.2, 0) is 15.7 Å². The minimum atomic E-state index is -4.45. The average molecular weight is 392 g/mol. The van der Waals surface area contributed by atoms with Gasteiger partial charge in [0.05, 0.1) is 35.4 Å². The number of carbonyl (C=O) groups excluding carboxylic acids is 1. The number of nitrogens with zero attached hydrogens (tertiary/aromatic N) is 1. The van der Waals surface area contributed by atoms with E-state index in [1.165, 1.54) is 6.07 Å². The number of hydrogen-bond donors (Lipinski definition) is 1. The Bertz CT molecular complexity index is 616. The number of hydrogen-bond acceptors (Lipinski definition) is 5. The molecule has 1 amide bonds. The lowest BCUT2D eigenvalue weighted by Crippen LogP contribution is -2.37. The second-order valence-electron chi connectivity index (χ2n) is 5.75. The molecule has 0 spiro atoms. The van der Waals surface area contributed by atoms with Gasteiger partial charge < -0.3 is 15.0 Å². The van der Waals surface area contributed by atoms with E-state index in [2.05, 4.69) is 5.32 Å². The molecule has 2 aliphatic rings. The van der Waals surface area contributed by atoms with Crippen LogP contribution in [0.2, 0.25) is 0 Å². The van der Waals surface area contributed by atoms with E-state index < -0.39 is 11.7 Å². The summed E-state index contributed by atoms with van der Waals surface area (Å²) in [5, 5.41) is 2.50. The number of alkyl halides is 3. The van der Waals surface area contributed by atoms with E-state index in [9.17, 15) is 18.0 Å². The zero-order valence-electron chi connectivity index (χ0n) is 13.5. The highest BCUT2D eigenvalue weighted by Crippen LogP contribution is 2.36. The second-order valence-corrected chi connectivity index (χ2v) is 8.21. The molecule has 1 aromatic rings. The number of thioether (sulfide) groups is 2. The molecule has 1 N–H and O–H groups in total. The summed E-state index contributed by atoms with van der Waals surface area (Å²) in [5.74, 6) is 2.33. The van der Waals surface area contributed by atoms with E-state index in [1.807, 2.05) is 4.90 Å². The van der Waals surface area contributed by atoms with Gasteiger partial charge in [-0.3, -0.25) is 4.79 Å². The molecule has 1 aromatic carbocycles. The zero-order valence-corrected chi connectivity index (χ0v) is 15.1. The Labute approximate surface area is 152 Å². The lowest BCUT2D eigenvalue weighted by atomic mass is 10.1. The summed E-state index contributed by atoms with van der Waals surface area (Å²) in [4.78, 5) is 14.4. The molecule has 138 valence electrons. The van der Waals surface area contributed by atoms with Gasteiger partial charge in [-0.25, -0.2) is 0 Å². The van der Waals surface area contributed by atoms with Crippen molar-refractivity contribution < 1.29 is 22.7 Å². The second kappa shape index (κ2) is 8.09. The third kappa shape index (κ3) is 4.77. The molecule has 0 saturated carbocycles. The van der Waals surface area contributed by atoms with Crippen molar-refractivity contribution in [3.05, 3.63) is 23.8 Å². The summed E-state index contributed by atoms with van der Waals surface area (Å²) in [6.45, 7) is 2.21. The molecule has 0 radical (unpaired) electrons. The Kier molecular flexibility index (Phi) is 6.06. The fourth-order valence-electron chi connectivity index (χ4n) is 2.74. The van der Waals surface area contributed by atoms with E-state index in [1.54, 1.807) is 23.5 Å². The fourth-order valence-corrected chi connectivity index (χ4v) is 5.30. The number of halogens is 3. The summed E-state index contributed by atoms with van der Waals surface area (Å²) < 4.78 is 44.5. The monoisotopic (exact) mass is 392 g/mol. The van der Waals surface area contributed by atoms with Gasteiger partial charge in [0.2, 0.25) is 5.91 Å². The summed E-state index contributed by atoms with van der Waals surface area (Å²) in [5.41, 5.74) is 0.0708. The smallest absolute Gasteiger partial charge is 0.378 e. The van der Waals surface area contributed by atoms with Crippen molar-refractivity contribution in [1.29, 1.82) is 0 Å². The maximum Gasteiger partial charge on any atom is 0.416 e. The van der Waals surface area contributed by atoms with Gasteiger partial charge in [-0.05, 0) is 18.2 Å². The SMILES string of the molecule is O=C(Nc1cc(C(F)(F)F)ccc1N1CCOCC1)C1CSCCS1. The molecule has 0 aromatic heterocycles. The largest absolute Gasteiger partial charge is 0.416 e. The highest BCUT2D eigenvalue weighted by molar-refractivity contribution is 8.07. The molecule has 0 bridgehead atoms. The van der Waals surface area contributed by atoms with Crippen LogP contribution in [-0.4, -0.2) is 54.7 Å². The molecule has 3 rings (SSSR count). The van der Waals surface area contributed by atoms with Gasteiger partial charge >= 0.3 is 6.18 Å². The summed E-state index contributed by atoms with van der Waals surface area (Å²) in [6, 6.07) is 3.53. The number of rotatable bonds is 3. The number of morpholine rings is 1. The van der Waals surface area contributed by atoms with E-state index in [0.29, 0.717) is 37.7 Å². The Hall–Kier alpha value is -1.06. The number of benzene rings is 1. The molecule has 1 atom stereocenters. The molecule has 25 heavy (non-hydrogen) atoms. The van der Waals surface area contributed by atoms with Crippen LogP contribution >= 0.6 is 23.5 Å². The third-order valence-corrected chi connectivity index (χ3v) is 6.80. The van der Waals surface area contributed by atoms with Gasteiger partial charge in [-0.2, -0.15) is 24.9 Å². The van der Waals surface area contributed by atoms with Crippen molar-refractivity contribution in [1.82, 2.24) is 0 Å². The van der Waals surface area contributed by atoms with Crippen molar-refractivity contribution >= 4 is 40.8 Å². The van der Waals surface area contributed by atoms with Crippen molar-refractivity contribution in [2.75, 3.05) is 53.8 Å². The zero-order chi connectivity index (χ0) is 17.9. The predicted molar refractivity (Wildman–Crippen MR) is 96.7 cm³/mol. The highest BCUT2D eigenvalue weighted by atomic mass is 32.2. The van der Waals surface area contributed by atoms with E-state index >= 15 is 0 Å². The molecule has 2 aliphatic heterocycles. The van der Waals surface area contributed by atoms with Crippen LogP contribution < -0.4 is 10.2 Å². The third-order valence-electron chi connectivity index (χ3n) is 4.04. The van der Waals surface area contributed by atoms with Crippen LogP contribution in [0.25, 0.3) is 0 Å². The molecule has 4 nitrogen and oxygen atoms in total. The van der Waals surface area contributed by atoms with Crippen LogP contribution in [0.5, 0.6) is 0 Å². The maximum absolute atomic E-state index is 13.1. The number of nitrogens with one attached hydrogen (secondary N) is 1. The Balaban J connectivity index is 1.85. The van der Waals surface area contributed by atoms with Crippen LogP contribution in [0.4, 0.5) is 24.5 Å². The Morgan fingerprint density at radius 1 is 1.24 bits per heavy atom. The van der Waals surface area contributed by atoms with Crippen LogP contribution in [0.1, 0.15) is 5.56 Å². The first-order chi connectivity index (χ1) is 11.9. The first-order valence-corrected chi connectivity index (χ1v) is 10.2. The number of amides is 1. The number of ether oxygens (including phenoxy) is 1.